The highest BCUT2D eigenvalue weighted by Crippen LogP contribution is 2.38. The molecular formula is C28H44O6S2. The molecule has 2 N–H and O–H groups in total. The first kappa shape index (κ1) is 30.7. The first-order chi connectivity index (χ1) is 17.1. The molecule has 6 nitrogen and oxygen atoms in total. The average molecular weight is 541 g/mol. The van der Waals surface area contributed by atoms with Gasteiger partial charge in [0.25, 0.3) is 20.2 Å². The normalized spacial score (nSPS) is 12.4. The Balaban J connectivity index is 2.46. The lowest BCUT2D eigenvalue weighted by Gasteiger charge is -2.20. The molecule has 0 saturated heterocycles. The van der Waals surface area contributed by atoms with Gasteiger partial charge in [0, 0.05) is 5.39 Å². The summed E-state index contributed by atoms with van der Waals surface area (Å²) in [5.74, 6) is 0. The van der Waals surface area contributed by atoms with Gasteiger partial charge in [-0.1, -0.05) is 115 Å². The molecule has 0 radical (unpaired) electrons. The monoisotopic (exact) mass is 540 g/mol. The summed E-state index contributed by atoms with van der Waals surface area (Å²) in [6.45, 7) is 4.34. The Morgan fingerprint density at radius 3 is 1.36 bits per heavy atom. The molecule has 2 aromatic rings. The Morgan fingerprint density at radius 1 is 0.528 bits per heavy atom. The predicted octanol–water partition coefficient (Wildman–Crippen LogP) is 7.92. The summed E-state index contributed by atoms with van der Waals surface area (Å²) in [6, 6.07) is 6.68. The maximum Gasteiger partial charge on any atom is 0.296 e. The molecular weight excluding hydrogens is 496 g/mol. The second kappa shape index (κ2) is 15.1. The molecule has 0 aliphatic carbocycles. The molecule has 204 valence electrons. The Morgan fingerprint density at radius 2 is 0.917 bits per heavy atom. The topological polar surface area (TPSA) is 109 Å². The third-order valence-electron chi connectivity index (χ3n) is 6.92. The lowest BCUT2D eigenvalue weighted by atomic mass is 9.91. The van der Waals surface area contributed by atoms with E-state index >= 15 is 0 Å². The van der Waals surface area contributed by atoms with Gasteiger partial charge in [-0.25, -0.2) is 0 Å². The van der Waals surface area contributed by atoms with Crippen molar-refractivity contribution in [3.63, 3.8) is 0 Å². The third kappa shape index (κ3) is 9.12. The van der Waals surface area contributed by atoms with Gasteiger partial charge in [0.05, 0.1) is 0 Å². The zero-order valence-corrected chi connectivity index (χ0v) is 23.6. The second-order valence-electron chi connectivity index (χ2n) is 9.85. The van der Waals surface area contributed by atoms with Gasteiger partial charge in [-0.3, -0.25) is 9.11 Å². The maximum atomic E-state index is 12.6. The largest absolute Gasteiger partial charge is 0.296 e. The van der Waals surface area contributed by atoms with Gasteiger partial charge in [0.15, 0.2) is 0 Å². The van der Waals surface area contributed by atoms with Crippen LogP contribution in [0.3, 0.4) is 0 Å². The van der Waals surface area contributed by atoms with Crippen LogP contribution in [-0.2, 0) is 33.1 Å². The van der Waals surface area contributed by atoms with Crippen molar-refractivity contribution >= 4 is 31.0 Å². The van der Waals surface area contributed by atoms with Crippen LogP contribution >= 0.6 is 0 Å². The first-order valence-corrected chi connectivity index (χ1v) is 16.5. The summed E-state index contributed by atoms with van der Waals surface area (Å²) in [6.07, 6.45) is 15.9. The third-order valence-corrected chi connectivity index (χ3v) is 8.95. The standard InChI is InChI=1S/C28H44O6S2/c1-3-5-7-9-11-13-15-19-23-24-20-17-18-22-26(24)28(36(32,33)34)27(35(29,30)31)25(23)21-16-14-12-10-8-6-4-2/h17-18,20,22H,3-16,19,21H2,1-2H3,(H,29,30,31)(H,32,33,34). The Kier molecular flexibility index (Phi) is 12.9. The van der Waals surface area contributed by atoms with Crippen LogP contribution < -0.4 is 0 Å². The van der Waals surface area contributed by atoms with E-state index in [-0.39, 0.29) is 5.39 Å². The summed E-state index contributed by atoms with van der Waals surface area (Å²) in [4.78, 5) is -1.35. The van der Waals surface area contributed by atoms with Crippen LogP contribution in [0.1, 0.15) is 115 Å². The number of hydrogen-bond acceptors (Lipinski definition) is 4. The van der Waals surface area contributed by atoms with E-state index in [4.69, 9.17) is 0 Å². The van der Waals surface area contributed by atoms with Crippen molar-refractivity contribution in [2.24, 2.45) is 0 Å². The van der Waals surface area contributed by atoms with E-state index in [2.05, 4.69) is 13.8 Å². The van der Waals surface area contributed by atoms with Crippen LogP contribution in [0.2, 0.25) is 0 Å². The van der Waals surface area contributed by atoms with Gasteiger partial charge < -0.3 is 0 Å². The highest BCUT2D eigenvalue weighted by molar-refractivity contribution is 7.89. The van der Waals surface area contributed by atoms with Crippen molar-refractivity contribution in [2.75, 3.05) is 0 Å². The Labute approximate surface area is 218 Å². The molecule has 0 fully saturated rings. The van der Waals surface area contributed by atoms with Crippen LogP contribution in [0.15, 0.2) is 34.1 Å². The van der Waals surface area contributed by atoms with E-state index in [1.54, 1.807) is 18.2 Å². The van der Waals surface area contributed by atoms with Crippen molar-refractivity contribution < 1.29 is 25.9 Å². The minimum atomic E-state index is -4.91. The smallest absolute Gasteiger partial charge is 0.282 e. The van der Waals surface area contributed by atoms with Crippen LogP contribution in [0, 0.1) is 0 Å². The van der Waals surface area contributed by atoms with E-state index in [9.17, 15) is 25.9 Å². The maximum absolute atomic E-state index is 12.6. The quantitative estimate of drug-likeness (QED) is 0.147. The lowest BCUT2D eigenvalue weighted by Crippen LogP contribution is -2.15. The molecule has 2 aromatic carbocycles. The van der Waals surface area contributed by atoms with Gasteiger partial charge in [-0.2, -0.15) is 16.8 Å². The minimum absolute atomic E-state index is 0.133. The first-order valence-electron chi connectivity index (χ1n) is 13.6. The predicted molar refractivity (Wildman–Crippen MR) is 147 cm³/mol. The van der Waals surface area contributed by atoms with Crippen molar-refractivity contribution in [2.45, 2.75) is 126 Å². The number of hydrogen-bond donors (Lipinski definition) is 2. The van der Waals surface area contributed by atoms with Gasteiger partial charge in [-0.05, 0) is 42.2 Å². The van der Waals surface area contributed by atoms with Crippen LogP contribution in [0.25, 0.3) is 10.8 Å². The van der Waals surface area contributed by atoms with Crippen molar-refractivity contribution in [1.29, 1.82) is 0 Å². The molecule has 36 heavy (non-hydrogen) atoms. The van der Waals surface area contributed by atoms with E-state index in [1.807, 2.05) is 0 Å². The molecule has 0 aliphatic rings. The SMILES string of the molecule is CCCCCCCCCc1c(S(=O)(=O)O)c(S(=O)(=O)O)c2ccccc2c1CCCCCCCCC. The number of aryl methyl sites for hydroxylation is 1. The fraction of sp³-hybridized carbons (Fsp3) is 0.643. The molecule has 0 bridgehead atoms. The van der Waals surface area contributed by atoms with E-state index in [1.165, 1.54) is 38.2 Å². The zero-order chi connectivity index (χ0) is 26.6. The summed E-state index contributed by atoms with van der Waals surface area (Å²) in [5.41, 5.74) is 1.11. The molecule has 0 aliphatic heterocycles. The number of unbranched alkanes of at least 4 members (excludes halogenated alkanes) is 12. The van der Waals surface area contributed by atoms with E-state index in [0.29, 0.717) is 30.2 Å². The van der Waals surface area contributed by atoms with Crippen molar-refractivity contribution in [3.05, 3.63) is 35.4 Å². The Hall–Kier alpha value is -1.48. The van der Waals surface area contributed by atoms with Crippen LogP contribution in [-0.4, -0.2) is 25.9 Å². The van der Waals surface area contributed by atoms with Crippen molar-refractivity contribution in [3.8, 4) is 0 Å². The van der Waals surface area contributed by atoms with E-state index < -0.39 is 30.0 Å². The molecule has 2 rings (SSSR count). The van der Waals surface area contributed by atoms with Crippen molar-refractivity contribution in [1.82, 2.24) is 0 Å². The molecule has 0 atom stereocenters. The van der Waals surface area contributed by atoms with Gasteiger partial charge in [0.2, 0.25) is 0 Å². The zero-order valence-electron chi connectivity index (χ0n) is 22.0. The summed E-state index contributed by atoms with van der Waals surface area (Å²) in [5, 5.41) is 0.760. The second-order valence-corrected chi connectivity index (χ2v) is 12.6. The number of rotatable bonds is 18. The highest BCUT2D eigenvalue weighted by atomic mass is 32.2. The number of fused-ring (bicyclic) bond motifs is 1. The van der Waals surface area contributed by atoms with Crippen LogP contribution in [0.4, 0.5) is 0 Å². The fourth-order valence-corrected chi connectivity index (χ4v) is 7.43. The van der Waals surface area contributed by atoms with E-state index in [0.717, 1.165) is 56.9 Å². The molecule has 0 amide bonds. The van der Waals surface area contributed by atoms with Gasteiger partial charge in [0.1, 0.15) is 9.79 Å². The molecule has 0 spiro atoms. The molecule has 0 saturated carbocycles. The van der Waals surface area contributed by atoms with Gasteiger partial charge >= 0.3 is 0 Å². The van der Waals surface area contributed by atoms with Crippen LogP contribution in [0.5, 0.6) is 0 Å². The molecule has 0 aromatic heterocycles. The number of benzene rings is 2. The lowest BCUT2D eigenvalue weighted by molar-refractivity contribution is 0.465. The minimum Gasteiger partial charge on any atom is -0.282 e. The molecule has 8 heteroatoms. The summed E-state index contributed by atoms with van der Waals surface area (Å²) < 4.78 is 70.2. The fourth-order valence-electron chi connectivity index (χ4n) is 5.10. The summed E-state index contributed by atoms with van der Waals surface area (Å²) >= 11 is 0. The molecule has 0 heterocycles. The van der Waals surface area contributed by atoms with Gasteiger partial charge in [-0.15, -0.1) is 0 Å². The summed E-state index contributed by atoms with van der Waals surface area (Å²) in [7, 11) is -9.81. The highest BCUT2D eigenvalue weighted by Gasteiger charge is 2.32. The molecule has 0 unspecified atom stereocenters. The Bertz CT molecular complexity index is 1170. The average Bonchev–Trinajstić information content (AvgIpc) is 2.81.